The monoisotopic (exact) mass is 401 g/mol. The summed E-state index contributed by atoms with van der Waals surface area (Å²) >= 11 is 1.83. The van der Waals surface area contributed by atoms with Crippen molar-refractivity contribution in [3.63, 3.8) is 0 Å². The Labute approximate surface area is 170 Å². The number of carbonyl (C=O) groups excluding carboxylic acids is 1. The number of amides is 1. The number of anilines is 1. The van der Waals surface area contributed by atoms with E-state index in [0.29, 0.717) is 17.6 Å². The number of benzene rings is 1. The van der Waals surface area contributed by atoms with Gasteiger partial charge in [0.25, 0.3) is 0 Å². The van der Waals surface area contributed by atoms with Crippen LogP contribution in [0.5, 0.6) is 0 Å². The lowest BCUT2D eigenvalue weighted by molar-refractivity contribution is -0.119. The van der Waals surface area contributed by atoms with Gasteiger partial charge in [-0.3, -0.25) is 9.69 Å². The summed E-state index contributed by atoms with van der Waals surface area (Å²) in [7, 11) is 2.15. The first-order valence-corrected chi connectivity index (χ1v) is 11.0. The maximum atomic E-state index is 13.0. The molecule has 1 aromatic heterocycles. The van der Waals surface area contributed by atoms with E-state index in [0.717, 1.165) is 32.6 Å². The Bertz CT molecular complexity index is 772. The molecule has 4 nitrogen and oxygen atoms in total. The van der Waals surface area contributed by atoms with Gasteiger partial charge in [0.1, 0.15) is 5.82 Å². The van der Waals surface area contributed by atoms with Crippen LogP contribution in [0.25, 0.3) is 0 Å². The van der Waals surface area contributed by atoms with Crippen LogP contribution in [-0.2, 0) is 11.3 Å². The van der Waals surface area contributed by atoms with Crippen LogP contribution in [0, 0.1) is 17.7 Å². The summed E-state index contributed by atoms with van der Waals surface area (Å²) < 4.78 is 13.0. The Hall–Kier alpha value is -1.76. The molecule has 2 aliphatic rings. The van der Waals surface area contributed by atoms with Crippen molar-refractivity contribution >= 4 is 22.9 Å². The quantitative estimate of drug-likeness (QED) is 0.821. The number of hydrogen-bond donors (Lipinski definition) is 1. The molecule has 2 aliphatic heterocycles. The van der Waals surface area contributed by atoms with Crippen LogP contribution in [0.3, 0.4) is 0 Å². The predicted octanol–water partition coefficient (Wildman–Crippen LogP) is 4.06. The molecule has 1 aromatic carbocycles. The molecular formula is C22H28FN3OS. The van der Waals surface area contributed by atoms with E-state index >= 15 is 0 Å². The van der Waals surface area contributed by atoms with Crippen LogP contribution in [0.1, 0.15) is 24.1 Å². The standard InChI is InChI=1S/C22H28FN3OS/c1-25-14-17(22(27)24-19-6-4-18(23)5-7-19)13-21(25)16-8-10-26(11-9-16)15-20-3-2-12-28-20/h2-7,12,16-17,21H,8-11,13-15H2,1H3,(H,24,27)/t17-,21-/m0/s1. The second-order valence-electron chi connectivity index (χ2n) is 8.13. The van der Waals surface area contributed by atoms with Gasteiger partial charge in [-0.1, -0.05) is 6.07 Å². The molecule has 2 fully saturated rings. The first-order chi connectivity index (χ1) is 13.6. The van der Waals surface area contributed by atoms with Crippen LogP contribution in [0.15, 0.2) is 41.8 Å². The maximum absolute atomic E-state index is 13.0. The van der Waals surface area contributed by atoms with E-state index < -0.39 is 0 Å². The normalized spacial score (nSPS) is 24.5. The molecule has 0 saturated carbocycles. The van der Waals surface area contributed by atoms with Gasteiger partial charge in [-0.2, -0.15) is 0 Å². The third-order valence-corrected chi connectivity index (χ3v) is 7.08. The second-order valence-corrected chi connectivity index (χ2v) is 9.16. The Morgan fingerprint density at radius 3 is 2.64 bits per heavy atom. The van der Waals surface area contributed by atoms with Gasteiger partial charge in [-0.05, 0) is 81.0 Å². The average molecular weight is 402 g/mol. The molecule has 2 atom stereocenters. The average Bonchev–Trinajstić information content (AvgIpc) is 3.34. The van der Waals surface area contributed by atoms with Crippen molar-refractivity contribution in [2.24, 2.45) is 11.8 Å². The van der Waals surface area contributed by atoms with E-state index in [-0.39, 0.29) is 17.6 Å². The highest BCUT2D eigenvalue weighted by Gasteiger charge is 2.39. The summed E-state index contributed by atoms with van der Waals surface area (Å²) in [5, 5.41) is 5.09. The fourth-order valence-corrected chi connectivity index (χ4v) is 5.41. The highest BCUT2D eigenvalue weighted by Crippen LogP contribution is 2.34. The van der Waals surface area contributed by atoms with E-state index in [4.69, 9.17) is 0 Å². The number of likely N-dealkylation sites (tertiary alicyclic amines) is 2. The van der Waals surface area contributed by atoms with Crippen molar-refractivity contribution in [1.82, 2.24) is 9.80 Å². The third kappa shape index (κ3) is 4.62. The SMILES string of the molecule is CN1C[C@@H](C(=O)Nc2ccc(F)cc2)C[C@H]1C1CCN(Cc2cccs2)CC1. The lowest BCUT2D eigenvalue weighted by Crippen LogP contribution is -2.41. The minimum absolute atomic E-state index is 0.00389. The van der Waals surface area contributed by atoms with E-state index in [9.17, 15) is 9.18 Å². The highest BCUT2D eigenvalue weighted by molar-refractivity contribution is 7.09. The summed E-state index contributed by atoms with van der Waals surface area (Å²) in [6, 6.07) is 10.8. The van der Waals surface area contributed by atoms with Gasteiger partial charge < -0.3 is 10.2 Å². The van der Waals surface area contributed by atoms with Gasteiger partial charge in [0.2, 0.25) is 5.91 Å². The molecule has 0 aliphatic carbocycles. The minimum atomic E-state index is -0.288. The fraction of sp³-hybridized carbons (Fsp3) is 0.500. The minimum Gasteiger partial charge on any atom is -0.326 e. The molecule has 0 radical (unpaired) electrons. The summed E-state index contributed by atoms with van der Waals surface area (Å²) in [6.07, 6.45) is 3.32. The van der Waals surface area contributed by atoms with Crippen LogP contribution >= 0.6 is 11.3 Å². The zero-order valence-electron chi connectivity index (χ0n) is 16.3. The molecule has 0 bridgehead atoms. The summed E-state index contributed by atoms with van der Waals surface area (Å²) in [5.74, 6) is 0.428. The van der Waals surface area contributed by atoms with Crippen molar-refractivity contribution in [1.29, 1.82) is 0 Å². The molecule has 28 heavy (non-hydrogen) atoms. The molecule has 3 heterocycles. The molecule has 1 amide bonds. The van der Waals surface area contributed by atoms with Crippen molar-refractivity contribution in [2.45, 2.75) is 31.8 Å². The van der Waals surface area contributed by atoms with Crippen molar-refractivity contribution in [3.05, 3.63) is 52.5 Å². The smallest absolute Gasteiger partial charge is 0.228 e. The van der Waals surface area contributed by atoms with E-state index in [1.165, 1.54) is 29.9 Å². The topological polar surface area (TPSA) is 35.6 Å². The molecule has 4 rings (SSSR count). The van der Waals surface area contributed by atoms with E-state index in [2.05, 4.69) is 39.7 Å². The Morgan fingerprint density at radius 2 is 1.96 bits per heavy atom. The number of rotatable bonds is 5. The number of piperidine rings is 1. The van der Waals surface area contributed by atoms with Crippen molar-refractivity contribution < 1.29 is 9.18 Å². The van der Waals surface area contributed by atoms with Gasteiger partial charge in [-0.15, -0.1) is 11.3 Å². The van der Waals surface area contributed by atoms with Gasteiger partial charge in [-0.25, -0.2) is 4.39 Å². The van der Waals surface area contributed by atoms with Gasteiger partial charge in [0, 0.05) is 29.7 Å². The first-order valence-electron chi connectivity index (χ1n) is 10.1. The van der Waals surface area contributed by atoms with Crippen LogP contribution in [-0.4, -0.2) is 48.4 Å². The summed E-state index contributed by atoms with van der Waals surface area (Å²) in [4.78, 5) is 19.0. The Morgan fingerprint density at radius 1 is 1.21 bits per heavy atom. The number of nitrogens with zero attached hydrogens (tertiary/aromatic N) is 2. The fourth-order valence-electron chi connectivity index (χ4n) is 4.67. The van der Waals surface area contributed by atoms with Gasteiger partial charge in [0.15, 0.2) is 0 Å². The Balaban J connectivity index is 1.28. The van der Waals surface area contributed by atoms with Crippen molar-refractivity contribution in [3.8, 4) is 0 Å². The number of nitrogens with one attached hydrogen (secondary N) is 1. The third-order valence-electron chi connectivity index (χ3n) is 6.22. The number of halogens is 1. The van der Waals surface area contributed by atoms with E-state index in [1.54, 1.807) is 12.1 Å². The molecule has 1 N–H and O–H groups in total. The van der Waals surface area contributed by atoms with Crippen molar-refractivity contribution in [2.75, 3.05) is 32.0 Å². The number of carbonyl (C=O) groups is 1. The number of hydrogen-bond acceptors (Lipinski definition) is 4. The lowest BCUT2D eigenvalue weighted by atomic mass is 9.86. The molecule has 150 valence electrons. The lowest BCUT2D eigenvalue weighted by Gasteiger charge is -2.36. The van der Waals surface area contributed by atoms with Crippen LogP contribution < -0.4 is 5.32 Å². The molecular weight excluding hydrogens is 373 g/mol. The maximum Gasteiger partial charge on any atom is 0.228 e. The first kappa shape index (κ1) is 19.6. The van der Waals surface area contributed by atoms with Crippen LogP contribution in [0.2, 0.25) is 0 Å². The summed E-state index contributed by atoms with van der Waals surface area (Å²) in [5.41, 5.74) is 0.666. The van der Waals surface area contributed by atoms with E-state index in [1.807, 2.05) is 11.3 Å². The number of thiophene rings is 1. The Kier molecular flexibility index (Phi) is 6.09. The predicted molar refractivity (Wildman–Crippen MR) is 112 cm³/mol. The second kappa shape index (κ2) is 8.72. The molecule has 0 unspecified atom stereocenters. The van der Waals surface area contributed by atoms with Gasteiger partial charge >= 0.3 is 0 Å². The molecule has 6 heteroatoms. The van der Waals surface area contributed by atoms with Gasteiger partial charge in [0.05, 0.1) is 5.92 Å². The largest absolute Gasteiger partial charge is 0.326 e. The molecule has 0 spiro atoms. The molecule has 2 aromatic rings. The zero-order valence-corrected chi connectivity index (χ0v) is 17.1. The van der Waals surface area contributed by atoms with Crippen LogP contribution in [0.4, 0.5) is 10.1 Å². The highest BCUT2D eigenvalue weighted by atomic mass is 32.1. The summed E-state index contributed by atoms with van der Waals surface area (Å²) in [6.45, 7) is 4.14. The zero-order chi connectivity index (χ0) is 19.5. The molecule has 2 saturated heterocycles.